The molecule has 0 atom stereocenters. The molecule has 3 heterocycles. The third kappa shape index (κ3) is 4.52. The SMILES string of the molecule is CCN(c1ncccc1NC(C)(C)C)C1CCN(C(=O)n2ccc3cc(N)ccc32)CC1. The number of nitrogens with one attached hydrogen (secondary N) is 1. The number of piperidine rings is 1. The molecule has 1 fully saturated rings. The summed E-state index contributed by atoms with van der Waals surface area (Å²) in [6.45, 7) is 11.0. The summed E-state index contributed by atoms with van der Waals surface area (Å²) in [4.78, 5) is 22.3. The molecule has 32 heavy (non-hydrogen) atoms. The van der Waals surface area contributed by atoms with Crippen LogP contribution in [0.1, 0.15) is 40.5 Å². The van der Waals surface area contributed by atoms with Gasteiger partial charge >= 0.3 is 6.03 Å². The van der Waals surface area contributed by atoms with E-state index in [1.54, 1.807) is 4.57 Å². The lowest BCUT2D eigenvalue weighted by molar-refractivity contribution is 0.183. The van der Waals surface area contributed by atoms with Gasteiger partial charge in [-0.3, -0.25) is 4.57 Å². The fraction of sp³-hybridized carbons (Fsp3) is 0.440. The molecule has 0 unspecified atom stereocenters. The third-order valence-corrected chi connectivity index (χ3v) is 6.01. The summed E-state index contributed by atoms with van der Waals surface area (Å²) in [5.41, 5.74) is 8.49. The molecule has 0 bridgehead atoms. The van der Waals surface area contributed by atoms with E-state index >= 15 is 0 Å². The topological polar surface area (TPSA) is 79.4 Å². The van der Waals surface area contributed by atoms with Crippen LogP contribution in [0.3, 0.4) is 0 Å². The van der Waals surface area contributed by atoms with E-state index in [4.69, 9.17) is 10.7 Å². The van der Waals surface area contributed by atoms with Gasteiger partial charge in [0.1, 0.15) is 0 Å². The van der Waals surface area contributed by atoms with Crippen LogP contribution in [0.2, 0.25) is 0 Å². The number of fused-ring (bicyclic) bond motifs is 1. The minimum absolute atomic E-state index is 0.0270. The maximum Gasteiger partial charge on any atom is 0.328 e. The van der Waals surface area contributed by atoms with E-state index in [-0.39, 0.29) is 11.6 Å². The summed E-state index contributed by atoms with van der Waals surface area (Å²) in [6.07, 6.45) is 5.53. The lowest BCUT2D eigenvalue weighted by atomic mass is 10.0. The molecular formula is C25H34N6O. The van der Waals surface area contributed by atoms with Gasteiger partial charge in [-0.15, -0.1) is 0 Å². The van der Waals surface area contributed by atoms with Crippen LogP contribution in [-0.4, -0.2) is 51.7 Å². The molecule has 2 aromatic heterocycles. The van der Waals surface area contributed by atoms with Crippen molar-refractivity contribution in [2.75, 3.05) is 35.6 Å². The van der Waals surface area contributed by atoms with Crippen molar-refractivity contribution in [3.05, 3.63) is 48.8 Å². The largest absolute Gasteiger partial charge is 0.399 e. The van der Waals surface area contributed by atoms with E-state index in [1.807, 2.05) is 47.6 Å². The van der Waals surface area contributed by atoms with Crippen molar-refractivity contribution in [3.8, 4) is 0 Å². The van der Waals surface area contributed by atoms with Gasteiger partial charge in [-0.25, -0.2) is 9.78 Å². The molecule has 7 nitrogen and oxygen atoms in total. The van der Waals surface area contributed by atoms with Crippen molar-refractivity contribution in [3.63, 3.8) is 0 Å². The molecule has 1 amide bonds. The zero-order valence-electron chi connectivity index (χ0n) is 19.5. The maximum atomic E-state index is 13.2. The highest BCUT2D eigenvalue weighted by atomic mass is 16.2. The van der Waals surface area contributed by atoms with Crippen LogP contribution in [0.25, 0.3) is 10.9 Å². The monoisotopic (exact) mass is 434 g/mol. The fourth-order valence-electron chi connectivity index (χ4n) is 4.56. The quantitative estimate of drug-likeness (QED) is 0.577. The molecule has 170 valence electrons. The first-order valence-corrected chi connectivity index (χ1v) is 11.4. The van der Waals surface area contributed by atoms with Crippen LogP contribution >= 0.6 is 0 Å². The number of pyridine rings is 1. The molecule has 0 radical (unpaired) electrons. The lowest BCUT2D eigenvalue weighted by Crippen LogP contribution is -2.48. The predicted octanol–water partition coefficient (Wildman–Crippen LogP) is 4.79. The third-order valence-electron chi connectivity index (χ3n) is 6.01. The molecule has 3 N–H and O–H groups in total. The second-order valence-corrected chi connectivity index (χ2v) is 9.54. The second-order valence-electron chi connectivity index (χ2n) is 9.54. The van der Waals surface area contributed by atoms with Gasteiger partial charge in [0.15, 0.2) is 5.82 Å². The Morgan fingerprint density at radius 2 is 1.97 bits per heavy atom. The number of rotatable bonds is 4. The molecule has 1 aromatic carbocycles. The first kappa shape index (κ1) is 22.0. The van der Waals surface area contributed by atoms with Crippen LogP contribution in [0.5, 0.6) is 0 Å². The average Bonchev–Trinajstić information content (AvgIpc) is 3.17. The number of benzene rings is 1. The van der Waals surface area contributed by atoms with Crippen molar-refractivity contribution in [1.82, 2.24) is 14.5 Å². The van der Waals surface area contributed by atoms with Crippen LogP contribution in [-0.2, 0) is 0 Å². The number of anilines is 3. The van der Waals surface area contributed by atoms with E-state index in [2.05, 4.69) is 44.0 Å². The van der Waals surface area contributed by atoms with E-state index in [0.29, 0.717) is 11.7 Å². The van der Waals surface area contributed by atoms with Crippen LogP contribution in [0, 0.1) is 0 Å². The van der Waals surface area contributed by atoms with Crippen molar-refractivity contribution >= 4 is 34.1 Å². The minimum Gasteiger partial charge on any atom is -0.399 e. The Hall–Kier alpha value is -3.22. The number of carbonyl (C=O) groups excluding carboxylic acids is 1. The van der Waals surface area contributed by atoms with Crippen molar-refractivity contribution < 1.29 is 4.79 Å². The van der Waals surface area contributed by atoms with E-state index in [1.165, 1.54) is 0 Å². The normalized spacial score (nSPS) is 15.2. The summed E-state index contributed by atoms with van der Waals surface area (Å²) in [7, 11) is 0. The van der Waals surface area contributed by atoms with Gasteiger partial charge in [-0.05, 0) is 76.9 Å². The van der Waals surface area contributed by atoms with Crippen LogP contribution in [0.15, 0.2) is 48.8 Å². The number of aromatic nitrogens is 2. The second kappa shape index (κ2) is 8.73. The first-order chi connectivity index (χ1) is 15.3. The lowest BCUT2D eigenvalue weighted by Gasteiger charge is -2.39. The first-order valence-electron chi connectivity index (χ1n) is 11.4. The highest BCUT2D eigenvalue weighted by molar-refractivity contribution is 5.93. The summed E-state index contributed by atoms with van der Waals surface area (Å²) >= 11 is 0. The number of hydrogen-bond donors (Lipinski definition) is 2. The molecule has 0 spiro atoms. The van der Waals surface area contributed by atoms with Crippen molar-refractivity contribution in [2.45, 2.75) is 52.1 Å². The Morgan fingerprint density at radius 3 is 2.66 bits per heavy atom. The minimum atomic E-state index is -0.0445. The van der Waals surface area contributed by atoms with Gasteiger partial charge in [0.25, 0.3) is 0 Å². The van der Waals surface area contributed by atoms with Gasteiger partial charge in [0.2, 0.25) is 0 Å². The highest BCUT2D eigenvalue weighted by Gasteiger charge is 2.29. The van der Waals surface area contributed by atoms with Gasteiger partial charge in [0.05, 0.1) is 11.2 Å². The molecule has 0 aliphatic carbocycles. The number of amides is 1. The van der Waals surface area contributed by atoms with Gasteiger partial charge in [-0.2, -0.15) is 0 Å². The molecule has 1 saturated heterocycles. The smallest absolute Gasteiger partial charge is 0.328 e. The Balaban J connectivity index is 1.47. The Morgan fingerprint density at radius 1 is 1.22 bits per heavy atom. The number of carbonyl (C=O) groups is 1. The van der Waals surface area contributed by atoms with Gasteiger partial charge < -0.3 is 20.9 Å². The Kier molecular flexibility index (Phi) is 6.00. The number of nitrogen functional groups attached to an aromatic ring is 1. The fourth-order valence-corrected chi connectivity index (χ4v) is 4.56. The molecule has 1 aliphatic rings. The van der Waals surface area contributed by atoms with E-state index in [9.17, 15) is 4.79 Å². The van der Waals surface area contributed by atoms with Crippen molar-refractivity contribution in [1.29, 1.82) is 0 Å². The zero-order chi connectivity index (χ0) is 22.9. The standard InChI is InChI=1S/C25H34N6O/c1-5-30(23-21(7-6-13-27-23)28-25(2,3)4)20-11-14-29(15-12-20)24(32)31-16-10-18-17-19(26)8-9-22(18)31/h6-10,13,16-17,20,28H,5,11-12,14-15,26H2,1-4H3. The number of likely N-dealkylation sites (tertiary alicyclic amines) is 1. The Labute approximate surface area is 190 Å². The molecule has 7 heteroatoms. The Bertz CT molecular complexity index is 1090. The molecule has 3 aromatic rings. The predicted molar refractivity (Wildman–Crippen MR) is 132 cm³/mol. The van der Waals surface area contributed by atoms with Crippen molar-refractivity contribution in [2.24, 2.45) is 0 Å². The molecule has 4 rings (SSSR count). The number of hydrogen-bond acceptors (Lipinski definition) is 5. The number of nitrogens with zero attached hydrogens (tertiary/aromatic N) is 4. The van der Waals surface area contributed by atoms with E-state index < -0.39 is 0 Å². The summed E-state index contributed by atoms with van der Waals surface area (Å²) in [5.74, 6) is 0.990. The average molecular weight is 435 g/mol. The van der Waals surface area contributed by atoms with Crippen LogP contribution in [0.4, 0.5) is 22.0 Å². The highest BCUT2D eigenvalue weighted by Crippen LogP contribution is 2.30. The molecular weight excluding hydrogens is 400 g/mol. The summed E-state index contributed by atoms with van der Waals surface area (Å²) in [5, 5.41) is 4.57. The summed E-state index contributed by atoms with van der Waals surface area (Å²) < 4.78 is 1.73. The zero-order valence-corrected chi connectivity index (χ0v) is 19.5. The maximum absolute atomic E-state index is 13.2. The van der Waals surface area contributed by atoms with Gasteiger partial charge in [-0.1, -0.05) is 0 Å². The molecule has 1 aliphatic heterocycles. The summed E-state index contributed by atoms with van der Waals surface area (Å²) in [6, 6.07) is 12.0. The molecule has 0 saturated carbocycles. The van der Waals surface area contributed by atoms with Crippen LogP contribution < -0.4 is 16.0 Å². The van der Waals surface area contributed by atoms with Gasteiger partial charge in [0, 0.05) is 54.7 Å². The van der Waals surface area contributed by atoms with E-state index in [0.717, 1.165) is 54.9 Å². The number of nitrogens with two attached hydrogens (primary N) is 1.